The Kier molecular flexibility index (Phi) is 8.54. The van der Waals surface area contributed by atoms with Gasteiger partial charge in [0.2, 0.25) is 0 Å². The van der Waals surface area contributed by atoms with Crippen molar-refractivity contribution in [2.24, 2.45) is 5.92 Å². The summed E-state index contributed by atoms with van der Waals surface area (Å²) in [5.74, 6) is 0.575. The monoisotopic (exact) mass is 465 g/mol. The van der Waals surface area contributed by atoms with Crippen molar-refractivity contribution < 1.29 is 28.6 Å². The van der Waals surface area contributed by atoms with E-state index in [4.69, 9.17) is 14.2 Å². The van der Waals surface area contributed by atoms with Crippen LogP contribution < -0.4 is 10.6 Å². The highest BCUT2D eigenvalue weighted by Gasteiger charge is 2.33. The van der Waals surface area contributed by atoms with Crippen LogP contribution in [0.2, 0.25) is 0 Å². The molecule has 2 N–H and O–H groups in total. The fourth-order valence-corrected chi connectivity index (χ4v) is 4.33. The molecule has 2 heterocycles. The molecule has 1 saturated carbocycles. The maximum absolute atomic E-state index is 12.8. The normalized spacial score (nSPS) is 22.5. The summed E-state index contributed by atoms with van der Waals surface area (Å²) >= 11 is 0. The highest BCUT2D eigenvalue weighted by molar-refractivity contribution is 5.90. The van der Waals surface area contributed by atoms with E-state index in [0.29, 0.717) is 44.1 Å². The van der Waals surface area contributed by atoms with E-state index < -0.39 is 12.2 Å². The summed E-state index contributed by atoms with van der Waals surface area (Å²) in [5.41, 5.74) is 0.660. The lowest BCUT2D eigenvalue weighted by Gasteiger charge is -2.17. The second kappa shape index (κ2) is 11.4. The smallest absolute Gasteiger partial charge is 0.436 e. The number of likely N-dealkylation sites (tertiary alicyclic amines) is 1. The molecule has 1 aromatic heterocycles. The molecule has 3 rings (SSSR count). The molecule has 0 unspecified atom stereocenters. The molecule has 1 saturated heterocycles. The summed E-state index contributed by atoms with van der Waals surface area (Å²) in [6, 6.07) is 1.42. The zero-order chi connectivity index (χ0) is 24.0. The average Bonchev–Trinajstić information content (AvgIpc) is 3.47. The fourth-order valence-electron chi connectivity index (χ4n) is 4.33. The van der Waals surface area contributed by atoms with Crippen LogP contribution in [-0.2, 0) is 14.2 Å². The van der Waals surface area contributed by atoms with Crippen LogP contribution in [0.1, 0.15) is 58.1 Å². The van der Waals surface area contributed by atoms with Gasteiger partial charge in [-0.05, 0) is 46.5 Å². The number of urea groups is 1. The molecular formula is C22H35N5O6. The number of methoxy groups -OCH3 is 1. The molecule has 0 radical (unpaired) electrons. The summed E-state index contributed by atoms with van der Waals surface area (Å²) < 4.78 is 16.9. The minimum Gasteiger partial charge on any atom is -0.448 e. The molecule has 3 atom stereocenters. The Bertz CT molecular complexity index is 841. The standard InChI is InChI=1S/C22H35N5O6/c1-5-32-22(30)27-19(24-20(28)26-9-8-15(12-26)13-31-4)11-18(25-27)16-6-7-17(10-16)33-21(29)23-14(2)3/h11,14-17H,5-10,12-13H2,1-4H3,(H,23,29)(H,24,28)/t15-,16+,17-/m1/s1. The molecule has 0 aromatic carbocycles. The summed E-state index contributed by atoms with van der Waals surface area (Å²) in [7, 11) is 1.65. The predicted octanol–water partition coefficient (Wildman–Crippen LogP) is 3.16. The van der Waals surface area contributed by atoms with Gasteiger partial charge in [0.1, 0.15) is 11.9 Å². The maximum Gasteiger partial charge on any atom is 0.436 e. The molecule has 11 heteroatoms. The molecule has 1 aromatic rings. The third-order valence-corrected chi connectivity index (χ3v) is 5.86. The van der Waals surface area contributed by atoms with Gasteiger partial charge in [-0.25, -0.2) is 14.4 Å². The molecule has 0 spiro atoms. The van der Waals surface area contributed by atoms with Crippen molar-refractivity contribution in [1.82, 2.24) is 20.0 Å². The van der Waals surface area contributed by atoms with Gasteiger partial charge in [-0.15, -0.1) is 4.68 Å². The molecular weight excluding hydrogens is 430 g/mol. The van der Waals surface area contributed by atoms with E-state index in [9.17, 15) is 14.4 Å². The van der Waals surface area contributed by atoms with E-state index in [1.54, 1.807) is 25.0 Å². The molecule has 0 bridgehead atoms. The first-order chi connectivity index (χ1) is 15.8. The van der Waals surface area contributed by atoms with Crippen LogP contribution >= 0.6 is 0 Å². The van der Waals surface area contributed by atoms with E-state index in [1.165, 1.54) is 0 Å². The Morgan fingerprint density at radius 3 is 2.73 bits per heavy atom. The number of nitrogens with one attached hydrogen (secondary N) is 2. The first kappa shape index (κ1) is 24.8. The molecule has 3 amide bonds. The van der Waals surface area contributed by atoms with Crippen molar-refractivity contribution >= 4 is 24.0 Å². The van der Waals surface area contributed by atoms with Crippen molar-refractivity contribution in [1.29, 1.82) is 0 Å². The maximum atomic E-state index is 12.8. The number of rotatable bonds is 7. The quantitative estimate of drug-likeness (QED) is 0.634. The SMILES string of the molecule is CCOC(=O)n1nc([C@H]2CC[C@@H](OC(=O)NC(C)C)C2)cc1NC(=O)N1CC[C@@H](COC)C1. The van der Waals surface area contributed by atoms with Gasteiger partial charge < -0.3 is 24.4 Å². The minimum atomic E-state index is -0.653. The largest absolute Gasteiger partial charge is 0.448 e. The number of carbonyl (C=O) groups is 3. The van der Waals surface area contributed by atoms with Crippen molar-refractivity contribution in [3.63, 3.8) is 0 Å². The van der Waals surface area contributed by atoms with Gasteiger partial charge in [-0.1, -0.05) is 0 Å². The Balaban J connectivity index is 1.67. The van der Waals surface area contributed by atoms with Crippen LogP contribution in [0.15, 0.2) is 6.07 Å². The van der Waals surface area contributed by atoms with Gasteiger partial charge in [0.25, 0.3) is 0 Å². The number of hydrogen-bond acceptors (Lipinski definition) is 7. The first-order valence-electron chi connectivity index (χ1n) is 11.6. The van der Waals surface area contributed by atoms with E-state index in [2.05, 4.69) is 15.7 Å². The molecule has 2 aliphatic rings. The average molecular weight is 466 g/mol. The highest BCUT2D eigenvalue weighted by atomic mass is 16.6. The van der Waals surface area contributed by atoms with Gasteiger partial charge in [0.05, 0.1) is 18.9 Å². The van der Waals surface area contributed by atoms with E-state index in [-0.39, 0.29) is 36.5 Å². The molecule has 11 nitrogen and oxygen atoms in total. The first-order valence-corrected chi connectivity index (χ1v) is 11.6. The highest BCUT2D eigenvalue weighted by Crippen LogP contribution is 2.36. The Morgan fingerprint density at radius 1 is 1.24 bits per heavy atom. The van der Waals surface area contributed by atoms with E-state index in [1.807, 2.05) is 13.8 Å². The van der Waals surface area contributed by atoms with Crippen LogP contribution in [0.4, 0.5) is 20.2 Å². The predicted molar refractivity (Wildman–Crippen MR) is 120 cm³/mol. The topological polar surface area (TPSA) is 124 Å². The number of amides is 3. The number of ether oxygens (including phenoxy) is 3. The van der Waals surface area contributed by atoms with Gasteiger partial charge in [0.15, 0.2) is 0 Å². The Labute approximate surface area is 194 Å². The van der Waals surface area contributed by atoms with Crippen molar-refractivity contribution in [3.8, 4) is 0 Å². The Hall–Kier alpha value is -2.82. The summed E-state index contributed by atoms with van der Waals surface area (Å²) in [5, 5.41) is 9.97. The number of alkyl carbamates (subject to hydrolysis) is 1. The number of carbonyl (C=O) groups excluding carboxylic acids is 3. The second-order valence-corrected chi connectivity index (χ2v) is 8.89. The third-order valence-electron chi connectivity index (χ3n) is 5.86. The van der Waals surface area contributed by atoms with E-state index in [0.717, 1.165) is 17.5 Å². The lowest BCUT2D eigenvalue weighted by Crippen LogP contribution is -2.34. The Morgan fingerprint density at radius 2 is 2.03 bits per heavy atom. The number of nitrogens with zero attached hydrogens (tertiary/aromatic N) is 3. The van der Waals surface area contributed by atoms with Crippen LogP contribution in [0.25, 0.3) is 0 Å². The minimum absolute atomic E-state index is 0.00142. The van der Waals surface area contributed by atoms with Gasteiger partial charge >= 0.3 is 18.2 Å². The van der Waals surface area contributed by atoms with Gasteiger partial charge in [-0.3, -0.25) is 5.32 Å². The molecule has 184 valence electrons. The molecule has 1 aliphatic carbocycles. The summed E-state index contributed by atoms with van der Waals surface area (Å²) in [6.07, 6.45) is 1.64. The third kappa shape index (κ3) is 6.59. The summed E-state index contributed by atoms with van der Waals surface area (Å²) in [6.45, 7) is 7.47. The van der Waals surface area contributed by atoms with Crippen molar-refractivity contribution in [2.45, 2.75) is 64.5 Å². The zero-order valence-electron chi connectivity index (χ0n) is 19.8. The van der Waals surface area contributed by atoms with Crippen LogP contribution in [-0.4, -0.2) is 78.5 Å². The zero-order valence-corrected chi connectivity index (χ0v) is 19.8. The molecule has 2 fully saturated rings. The lowest BCUT2D eigenvalue weighted by atomic mass is 10.0. The van der Waals surface area contributed by atoms with E-state index >= 15 is 0 Å². The van der Waals surface area contributed by atoms with Crippen LogP contribution in [0.5, 0.6) is 0 Å². The summed E-state index contributed by atoms with van der Waals surface area (Å²) in [4.78, 5) is 38.9. The van der Waals surface area contributed by atoms with Gasteiger partial charge in [0, 0.05) is 44.1 Å². The van der Waals surface area contributed by atoms with Gasteiger partial charge in [-0.2, -0.15) is 5.10 Å². The lowest BCUT2D eigenvalue weighted by molar-refractivity contribution is 0.0981. The van der Waals surface area contributed by atoms with Crippen LogP contribution in [0.3, 0.4) is 0 Å². The molecule has 1 aliphatic heterocycles. The van der Waals surface area contributed by atoms with Crippen molar-refractivity contribution in [2.75, 3.05) is 38.7 Å². The van der Waals surface area contributed by atoms with Crippen molar-refractivity contribution in [3.05, 3.63) is 11.8 Å². The molecule has 33 heavy (non-hydrogen) atoms. The second-order valence-electron chi connectivity index (χ2n) is 8.89. The number of anilines is 1. The fraction of sp³-hybridized carbons (Fsp3) is 0.727. The number of hydrogen-bond donors (Lipinski definition) is 2. The number of aromatic nitrogens is 2. The van der Waals surface area contributed by atoms with Crippen LogP contribution in [0, 0.1) is 5.92 Å².